The second-order valence-electron chi connectivity index (χ2n) is 5.28. The van der Waals surface area contributed by atoms with E-state index in [1.165, 1.54) is 18.2 Å². The lowest BCUT2D eigenvalue weighted by atomic mass is 10.2. The van der Waals surface area contributed by atoms with Crippen molar-refractivity contribution in [2.45, 2.75) is 6.54 Å². The zero-order valence-corrected chi connectivity index (χ0v) is 14.3. The Hall–Kier alpha value is -2.15. The molecule has 6 nitrogen and oxygen atoms in total. The summed E-state index contributed by atoms with van der Waals surface area (Å²) in [6, 6.07) is 11.1. The number of likely N-dealkylation sites (N-methyl/N-ethyl adjacent to an activating group) is 1. The van der Waals surface area contributed by atoms with Crippen LogP contribution >= 0.6 is 23.2 Å². The van der Waals surface area contributed by atoms with Crippen molar-refractivity contribution >= 4 is 40.5 Å². The van der Waals surface area contributed by atoms with E-state index in [-0.39, 0.29) is 18.1 Å². The Kier molecular flexibility index (Phi) is 6.14. The molecule has 0 bridgehead atoms. The second kappa shape index (κ2) is 8.10. The smallest absolute Gasteiger partial charge is 0.271 e. The molecule has 1 N–H and O–H groups in total. The van der Waals surface area contributed by atoms with Crippen LogP contribution in [0, 0.1) is 10.1 Å². The molecule has 0 aliphatic carbocycles. The van der Waals surface area contributed by atoms with Gasteiger partial charge in [0.05, 0.1) is 21.5 Å². The zero-order chi connectivity index (χ0) is 17.7. The summed E-state index contributed by atoms with van der Waals surface area (Å²) >= 11 is 11.8. The summed E-state index contributed by atoms with van der Waals surface area (Å²) in [6.07, 6.45) is 0. The van der Waals surface area contributed by atoms with Crippen LogP contribution in [0.3, 0.4) is 0 Å². The van der Waals surface area contributed by atoms with Crippen molar-refractivity contribution in [3.63, 3.8) is 0 Å². The molecular weight excluding hydrogens is 353 g/mol. The molecular formula is C16H15Cl2N3O3. The van der Waals surface area contributed by atoms with Gasteiger partial charge in [-0.2, -0.15) is 0 Å². The van der Waals surface area contributed by atoms with Crippen molar-refractivity contribution < 1.29 is 9.72 Å². The minimum Gasteiger partial charge on any atom is -0.325 e. The maximum Gasteiger partial charge on any atom is 0.271 e. The molecule has 126 valence electrons. The first-order valence-electron chi connectivity index (χ1n) is 7.02. The molecule has 0 unspecified atom stereocenters. The third-order valence-corrected chi connectivity index (χ3v) is 3.93. The summed E-state index contributed by atoms with van der Waals surface area (Å²) in [4.78, 5) is 24.1. The van der Waals surface area contributed by atoms with Crippen LogP contribution in [0.1, 0.15) is 5.56 Å². The molecule has 0 fully saturated rings. The SMILES string of the molecule is CN(CC(=O)Nc1cccc([N+](=O)[O-])c1)Cc1ccc(Cl)c(Cl)c1. The number of amides is 1. The van der Waals surface area contributed by atoms with Crippen molar-refractivity contribution in [2.75, 3.05) is 18.9 Å². The molecule has 2 aromatic carbocycles. The van der Waals surface area contributed by atoms with Gasteiger partial charge in [-0.1, -0.05) is 35.3 Å². The lowest BCUT2D eigenvalue weighted by Crippen LogP contribution is -2.29. The van der Waals surface area contributed by atoms with Gasteiger partial charge in [0.25, 0.3) is 5.69 Å². The van der Waals surface area contributed by atoms with Gasteiger partial charge in [0, 0.05) is 24.4 Å². The monoisotopic (exact) mass is 367 g/mol. The number of nitro benzene ring substituents is 1. The Labute approximate surface area is 149 Å². The molecule has 0 radical (unpaired) electrons. The summed E-state index contributed by atoms with van der Waals surface area (Å²) < 4.78 is 0. The number of non-ortho nitro benzene ring substituents is 1. The van der Waals surface area contributed by atoms with Gasteiger partial charge in [-0.15, -0.1) is 0 Å². The van der Waals surface area contributed by atoms with Crippen LogP contribution in [-0.2, 0) is 11.3 Å². The second-order valence-corrected chi connectivity index (χ2v) is 6.09. The predicted molar refractivity (Wildman–Crippen MR) is 94.5 cm³/mol. The zero-order valence-electron chi connectivity index (χ0n) is 12.8. The van der Waals surface area contributed by atoms with Crippen LogP contribution in [0.4, 0.5) is 11.4 Å². The molecule has 24 heavy (non-hydrogen) atoms. The number of carbonyl (C=O) groups excluding carboxylic acids is 1. The highest BCUT2D eigenvalue weighted by Crippen LogP contribution is 2.23. The molecule has 0 aliphatic heterocycles. The van der Waals surface area contributed by atoms with Crippen LogP contribution in [0.25, 0.3) is 0 Å². The van der Waals surface area contributed by atoms with E-state index in [4.69, 9.17) is 23.2 Å². The van der Waals surface area contributed by atoms with Crippen LogP contribution in [0.2, 0.25) is 10.0 Å². The summed E-state index contributed by atoms with van der Waals surface area (Å²) in [7, 11) is 1.79. The molecule has 0 atom stereocenters. The maximum atomic E-state index is 12.0. The molecule has 0 saturated carbocycles. The Morgan fingerprint density at radius 2 is 1.96 bits per heavy atom. The predicted octanol–water partition coefficient (Wildman–Crippen LogP) is 3.97. The van der Waals surface area contributed by atoms with E-state index in [9.17, 15) is 14.9 Å². The molecule has 1 amide bonds. The van der Waals surface area contributed by atoms with Gasteiger partial charge in [0.2, 0.25) is 5.91 Å². The number of benzene rings is 2. The largest absolute Gasteiger partial charge is 0.325 e. The summed E-state index contributed by atoms with van der Waals surface area (Å²) in [5.74, 6) is -0.266. The van der Waals surface area contributed by atoms with E-state index in [2.05, 4.69) is 5.32 Å². The van der Waals surface area contributed by atoms with Crippen molar-refractivity contribution in [3.05, 3.63) is 68.2 Å². The topological polar surface area (TPSA) is 75.5 Å². The lowest BCUT2D eigenvalue weighted by Gasteiger charge is -2.16. The number of hydrogen-bond donors (Lipinski definition) is 1. The number of hydrogen-bond acceptors (Lipinski definition) is 4. The third kappa shape index (κ3) is 5.19. The maximum absolute atomic E-state index is 12.0. The Morgan fingerprint density at radius 3 is 2.62 bits per heavy atom. The highest BCUT2D eigenvalue weighted by atomic mass is 35.5. The number of anilines is 1. The van der Waals surface area contributed by atoms with Crippen molar-refractivity contribution in [3.8, 4) is 0 Å². The number of rotatable bonds is 6. The highest BCUT2D eigenvalue weighted by molar-refractivity contribution is 6.42. The molecule has 2 rings (SSSR count). The summed E-state index contributed by atoms with van der Waals surface area (Å²) in [5, 5.41) is 14.3. The first kappa shape index (κ1) is 18.2. The minimum absolute atomic E-state index is 0.0723. The number of nitrogens with zero attached hydrogens (tertiary/aromatic N) is 2. The Morgan fingerprint density at radius 1 is 1.21 bits per heavy atom. The van der Waals surface area contributed by atoms with Crippen LogP contribution < -0.4 is 5.32 Å². The number of nitro groups is 1. The normalized spacial score (nSPS) is 10.7. The summed E-state index contributed by atoms with van der Waals surface area (Å²) in [6.45, 7) is 0.641. The number of carbonyl (C=O) groups is 1. The van der Waals surface area contributed by atoms with Crippen molar-refractivity contribution in [1.29, 1.82) is 0 Å². The Bertz CT molecular complexity index is 768. The average Bonchev–Trinajstić information content (AvgIpc) is 2.51. The standard InChI is InChI=1S/C16H15Cl2N3O3/c1-20(9-11-5-6-14(17)15(18)7-11)10-16(22)19-12-3-2-4-13(8-12)21(23)24/h2-8H,9-10H2,1H3,(H,19,22). The van der Waals surface area contributed by atoms with Crippen LogP contribution in [-0.4, -0.2) is 29.3 Å². The first-order chi connectivity index (χ1) is 11.3. The van der Waals surface area contributed by atoms with Crippen LogP contribution in [0.15, 0.2) is 42.5 Å². The number of nitrogens with one attached hydrogen (secondary N) is 1. The minimum atomic E-state index is -0.508. The lowest BCUT2D eigenvalue weighted by molar-refractivity contribution is -0.384. The summed E-state index contributed by atoms with van der Waals surface area (Å²) in [5.41, 5.74) is 1.24. The van der Waals surface area contributed by atoms with E-state index in [1.807, 2.05) is 6.07 Å². The van der Waals surface area contributed by atoms with Gasteiger partial charge in [-0.05, 0) is 30.8 Å². The molecule has 0 saturated heterocycles. The molecule has 0 spiro atoms. The molecule has 0 aromatic heterocycles. The van der Waals surface area contributed by atoms with Crippen LogP contribution in [0.5, 0.6) is 0 Å². The van der Waals surface area contributed by atoms with E-state index in [1.54, 1.807) is 30.1 Å². The molecule has 0 aliphatic rings. The van der Waals surface area contributed by atoms with Gasteiger partial charge in [-0.25, -0.2) is 0 Å². The highest BCUT2D eigenvalue weighted by Gasteiger charge is 2.11. The van der Waals surface area contributed by atoms with E-state index >= 15 is 0 Å². The average molecular weight is 368 g/mol. The van der Waals surface area contributed by atoms with E-state index in [0.29, 0.717) is 22.3 Å². The fourth-order valence-corrected chi connectivity index (χ4v) is 2.47. The first-order valence-corrected chi connectivity index (χ1v) is 7.77. The Balaban J connectivity index is 1.92. The van der Waals surface area contributed by atoms with Gasteiger partial charge in [0.1, 0.15) is 0 Å². The van der Waals surface area contributed by atoms with Gasteiger partial charge < -0.3 is 5.32 Å². The third-order valence-electron chi connectivity index (χ3n) is 3.19. The molecule has 2 aromatic rings. The van der Waals surface area contributed by atoms with Gasteiger partial charge >= 0.3 is 0 Å². The fourth-order valence-electron chi connectivity index (χ4n) is 2.15. The molecule has 0 heterocycles. The van der Waals surface area contributed by atoms with Gasteiger partial charge in [-0.3, -0.25) is 19.8 Å². The van der Waals surface area contributed by atoms with Crippen molar-refractivity contribution in [2.24, 2.45) is 0 Å². The molecule has 8 heteroatoms. The van der Waals surface area contributed by atoms with E-state index in [0.717, 1.165) is 5.56 Å². The fraction of sp³-hybridized carbons (Fsp3) is 0.188. The van der Waals surface area contributed by atoms with E-state index < -0.39 is 4.92 Å². The quantitative estimate of drug-likeness (QED) is 0.618. The van der Waals surface area contributed by atoms with Gasteiger partial charge in [0.15, 0.2) is 0 Å². The number of halogens is 2. The van der Waals surface area contributed by atoms with Crippen molar-refractivity contribution in [1.82, 2.24) is 4.90 Å².